The molecule has 4 saturated carbocycles. The molecule has 0 amide bonds. The number of allylic oxidation sites excluding steroid dienone is 2. The molecule has 4 aliphatic carbocycles. The average molecular weight is 451 g/mol. The molecule has 1 aromatic rings. The van der Waals surface area contributed by atoms with Crippen LogP contribution in [-0.2, 0) is 9.22 Å². The first kappa shape index (κ1) is 22.6. The van der Waals surface area contributed by atoms with Crippen molar-refractivity contribution in [1.29, 1.82) is 0 Å². The highest BCUT2D eigenvalue weighted by Crippen LogP contribution is 2.66. The Morgan fingerprint density at radius 1 is 1.00 bits per heavy atom. The number of hydrogen-bond acceptors (Lipinski definition) is 2. The molecule has 2 nitrogen and oxygen atoms in total. The topological polar surface area (TPSA) is 26.3 Å². The van der Waals surface area contributed by atoms with Gasteiger partial charge in [-0.1, -0.05) is 55.8 Å². The van der Waals surface area contributed by atoms with Crippen LogP contribution in [0.2, 0.25) is 13.1 Å². The molecule has 7 atom stereocenters. The van der Waals surface area contributed by atoms with Gasteiger partial charge in [-0.15, -0.1) is 0 Å². The van der Waals surface area contributed by atoms with Crippen molar-refractivity contribution in [3.05, 3.63) is 42.0 Å². The maximum atomic E-state index is 12.9. The largest absolute Gasteiger partial charge is 0.410 e. The Kier molecular flexibility index (Phi) is 5.61. The summed E-state index contributed by atoms with van der Waals surface area (Å²) < 4.78 is 7.28. The third-order valence-corrected chi connectivity index (χ3v) is 13.2. The Balaban J connectivity index is 1.51. The number of carbonyl (C=O) groups excluding carboxylic acids is 1. The SMILES string of the molecule is C/C=C1/CC[C@]2(C)[C@H]3CC[C@@]4(C)C(=O)CC[C@H]4[C@@H]3C[C@@H](O[Si](C)(C)c3ccccc3)[C@@H]2C1. The Bertz CT molecular complexity index is 905. The summed E-state index contributed by atoms with van der Waals surface area (Å²) >= 11 is 0. The van der Waals surface area contributed by atoms with Gasteiger partial charge in [-0.3, -0.25) is 4.79 Å². The van der Waals surface area contributed by atoms with Gasteiger partial charge in [-0.05, 0) is 99.2 Å². The molecule has 0 bridgehead atoms. The van der Waals surface area contributed by atoms with Crippen LogP contribution in [0.3, 0.4) is 0 Å². The minimum absolute atomic E-state index is 0.0650. The summed E-state index contributed by atoms with van der Waals surface area (Å²) in [5, 5.41) is 1.40. The summed E-state index contributed by atoms with van der Waals surface area (Å²) in [5.41, 5.74) is 1.91. The number of ketones is 1. The third kappa shape index (κ3) is 3.41. The quantitative estimate of drug-likeness (QED) is 0.380. The van der Waals surface area contributed by atoms with E-state index in [0.717, 1.165) is 25.2 Å². The Labute approximate surface area is 196 Å². The molecule has 3 heteroatoms. The summed E-state index contributed by atoms with van der Waals surface area (Å²) in [7, 11) is -2.02. The molecule has 0 spiro atoms. The lowest BCUT2D eigenvalue weighted by molar-refractivity contribution is -0.152. The van der Waals surface area contributed by atoms with E-state index in [9.17, 15) is 4.79 Å². The van der Waals surface area contributed by atoms with E-state index in [1.807, 2.05) is 0 Å². The molecule has 0 unspecified atom stereocenters. The normalized spacial score (nSPS) is 43.0. The van der Waals surface area contributed by atoms with E-state index in [2.05, 4.69) is 70.3 Å². The van der Waals surface area contributed by atoms with E-state index in [1.54, 1.807) is 5.57 Å². The van der Waals surface area contributed by atoms with E-state index in [0.29, 0.717) is 35.1 Å². The highest BCUT2D eigenvalue weighted by molar-refractivity contribution is 6.84. The maximum absolute atomic E-state index is 12.9. The highest BCUT2D eigenvalue weighted by Gasteiger charge is 2.62. The fourth-order valence-corrected chi connectivity index (χ4v) is 10.7. The lowest BCUT2D eigenvalue weighted by Gasteiger charge is -2.62. The predicted octanol–water partition coefficient (Wildman–Crippen LogP) is 6.65. The third-order valence-electron chi connectivity index (χ3n) is 10.6. The van der Waals surface area contributed by atoms with Gasteiger partial charge in [0.05, 0.1) is 0 Å². The molecule has 174 valence electrons. The smallest absolute Gasteiger partial charge is 0.218 e. The van der Waals surface area contributed by atoms with Gasteiger partial charge in [0.25, 0.3) is 0 Å². The molecule has 0 saturated heterocycles. The second kappa shape index (κ2) is 7.94. The zero-order valence-corrected chi connectivity index (χ0v) is 21.8. The van der Waals surface area contributed by atoms with E-state index in [-0.39, 0.29) is 5.41 Å². The lowest BCUT2D eigenvalue weighted by Crippen LogP contribution is -2.60. The molecular formula is C29H42O2Si. The first-order valence-corrected chi connectivity index (χ1v) is 16.0. The van der Waals surface area contributed by atoms with Gasteiger partial charge in [-0.2, -0.15) is 0 Å². The Hall–Kier alpha value is -1.19. The first-order chi connectivity index (χ1) is 15.2. The van der Waals surface area contributed by atoms with Crippen LogP contribution in [0.25, 0.3) is 0 Å². The standard InChI is InChI=1S/C29H42O2Si/c1-6-20-14-16-28(2)24-15-17-29(3)23(12-13-27(29)30)22(24)19-26(25(28)18-20)31-32(4,5)21-10-8-7-9-11-21/h6-11,22-26H,12-19H2,1-5H3/b20-6-/t22-,23-,24-,25-,26+,28+,29+/m0/s1. The summed E-state index contributed by atoms with van der Waals surface area (Å²) in [4.78, 5) is 12.9. The van der Waals surface area contributed by atoms with Crippen LogP contribution in [0.1, 0.15) is 72.1 Å². The van der Waals surface area contributed by atoms with Crippen LogP contribution in [0.5, 0.6) is 0 Å². The number of fused-ring (bicyclic) bond motifs is 5. The van der Waals surface area contributed by atoms with Gasteiger partial charge in [-0.25, -0.2) is 0 Å². The first-order valence-electron chi connectivity index (χ1n) is 13.1. The monoisotopic (exact) mass is 450 g/mol. The molecule has 4 aliphatic rings. The van der Waals surface area contributed by atoms with E-state index < -0.39 is 8.32 Å². The number of benzene rings is 1. The van der Waals surface area contributed by atoms with Crippen LogP contribution in [0.15, 0.2) is 42.0 Å². The second-order valence-electron chi connectivity index (χ2n) is 12.3. The predicted molar refractivity (Wildman–Crippen MR) is 134 cm³/mol. The van der Waals surface area contributed by atoms with Gasteiger partial charge >= 0.3 is 0 Å². The summed E-state index contributed by atoms with van der Waals surface area (Å²) in [6.45, 7) is 11.9. The zero-order valence-electron chi connectivity index (χ0n) is 20.8. The van der Waals surface area contributed by atoms with Crippen LogP contribution in [0.4, 0.5) is 0 Å². The Morgan fingerprint density at radius 2 is 1.75 bits per heavy atom. The number of rotatable bonds is 3. The molecule has 4 fully saturated rings. The van der Waals surface area contributed by atoms with E-state index >= 15 is 0 Å². The molecule has 0 aromatic heterocycles. The van der Waals surface area contributed by atoms with Gasteiger partial charge in [0.1, 0.15) is 5.78 Å². The molecule has 32 heavy (non-hydrogen) atoms. The van der Waals surface area contributed by atoms with Crippen molar-refractivity contribution < 1.29 is 9.22 Å². The van der Waals surface area contributed by atoms with Crippen molar-refractivity contribution in [1.82, 2.24) is 0 Å². The minimum Gasteiger partial charge on any atom is -0.410 e. The summed E-state index contributed by atoms with van der Waals surface area (Å²) in [5.74, 6) is 3.14. The molecule has 5 rings (SSSR count). The summed E-state index contributed by atoms with van der Waals surface area (Å²) in [6, 6.07) is 11.0. The van der Waals surface area contributed by atoms with Gasteiger partial charge in [0.15, 0.2) is 0 Å². The van der Waals surface area contributed by atoms with Crippen molar-refractivity contribution in [2.45, 2.75) is 91.3 Å². The van der Waals surface area contributed by atoms with Crippen molar-refractivity contribution in [2.75, 3.05) is 0 Å². The molecular weight excluding hydrogens is 408 g/mol. The number of carbonyl (C=O) groups is 1. The molecule has 0 aliphatic heterocycles. The Morgan fingerprint density at radius 3 is 2.47 bits per heavy atom. The van der Waals surface area contributed by atoms with Crippen molar-refractivity contribution in [3.63, 3.8) is 0 Å². The molecule has 0 heterocycles. The molecule has 0 radical (unpaired) electrons. The van der Waals surface area contributed by atoms with Crippen LogP contribution >= 0.6 is 0 Å². The fraction of sp³-hybridized carbons (Fsp3) is 0.690. The van der Waals surface area contributed by atoms with Crippen molar-refractivity contribution in [2.24, 2.45) is 34.5 Å². The van der Waals surface area contributed by atoms with E-state index in [1.165, 1.54) is 37.3 Å². The van der Waals surface area contributed by atoms with Crippen LogP contribution in [0, 0.1) is 34.5 Å². The minimum atomic E-state index is -2.02. The molecule has 1 aromatic carbocycles. The number of hydrogen-bond donors (Lipinski definition) is 0. The average Bonchev–Trinajstić information content (AvgIpc) is 3.09. The van der Waals surface area contributed by atoms with Gasteiger partial charge in [0.2, 0.25) is 8.32 Å². The zero-order chi connectivity index (χ0) is 22.7. The van der Waals surface area contributed by atoms with Crippen molar-refractivity contribution >= 4 is 19.3 Å². The fourth-order valence-electron chi connectivity index (χ4n) is 8.57. The van der Waals surface area contributed by atoms with Gasteiger partial charge < -0.3 is 4.43 Å². The van der Waals surface area contributed by atoms with Gasteiger partial charge in [0, 0.05) is 17.9 Å². The molecule has 0 N–H and O–H groups in total. The van der Waals surface area contributed by atoms with Crippen molar-refractivity contribution in [3.8, 4) is 0 Å². The number of Topliss-reactive ketones (excluding diaryl/α,β-unsaturated/α-hetero) is 1. The maximum Gasteiger partial charge on any atom is 0.218 e. The highest BCUT2D eigenvalue weighted by atomic mass is 28.4. The summed E-state index contributed by atoms with van der Waals surface area (Å²) in [6.07, 6.45) is 11.9. The second-order valence-corrected chi connectivity index (χ2v) is 16.2. The van der Waals surface area contributed by atoms with Crippen LogP contribution < -0.4 is 5.19 Å². The van der Waals surface area contributed by atoms with E-state index in [4.69, 9.17) is 4.43 Å². The van der Waals surface area contributed by atoms with Crippen LogP contribution in [-0.4, -0.2) is 20.2 Å². The lowest BCUT2D eigenvalue weighted by atomic mass is 9.44.